The quantitative estimate of drug-likeness (QED) is 0.0140. The number of methoxy groups -OCH3 is 2. The third kappa shape index (κ3) is 20.0. The summed E-state index contributed by atoms with van der Waals surface area (Å²) in [4.78, 5) is 33.0. The lowest BCUT2D eigenvalue weighted by atomic mass is 9.90. The summed E-state index contributed by atoms with van der Waals surface area (Å²) in [5, 5.41) is 32.8. The third-order valence-corrected chi connectivity index (χ3v) is 26.2. The maximum atomic E-state index is 13.0. The Hall–Kier alpha value is -13.7. The summed E-state index contributed by atoms with van der Waals surface area (Å²) in [6.45, 7) is 16.0. The minimum absolute atomic E-state index is 0.0713. The summed E-state index contributed by atoms with van der Waals surface area (Å²) in [6.07, 6.45) is 23.6. The highest BCUT2D eigenvalue weighted by molar-refractivity contribution is 7.53. The molecule has 0 aromatic heterocycles. The Morgan fingerprint density at radius 1 is 0.409 bits per heavy atom. The van der Waals surface area contributed by atoms with E-state index >= 15 is 0 Å². The van der Waals surface area contributed by atoms with Crippen LogP contribution in [0.5, 0.6) is 11.5 Å². The molecule has 0 heterocycles. The number of aryl methyl sites for hydroxylation is 3. The summed E-state index contributed by atoms with van der Waals surface area (Å²) in [5.41, 5.74) is 24.1. The van der Waals surface area contributed by atoms with E-state index in [1.54, 1.807) is 66.2 Å². The highest BCUT2D eigenvalue weighted by Crippen LogP contribution is 2.53. The predicted molar refractivity (Wildman–Crippen MR) is 510 cm³/mol. The molecule has 0 amide bonds. The summed E-state index contributed by atoms with van der Waals surface area (Å²) < 4.78 is 58.1. The number of nitriles is 3. The SMILES string of the molecule is CCOC(OCC)(P=O)c1ccc2c(C#N)c(CP(=O)(OCC)OCC)ccc2c1C#N.O=Cc1ccc(N(c2ccc(C=O)cc2)c2cccc3c2CCCC3)cc1.[C-]#[N+]c1c(C=Cc2ccc(N(c3ccc(OC)cc3)c3cccc4c3CCCC4)cc2)ccc2c(C#N)c(C=Cc3ccc(N(c4ccc(OC)cc4)c4cccc5c4CCCC5)cc3)ccc12. The van der Waals surface area contributed by atoms with Gasteiger partial charge in [-0.05, 0) is 316 Å². The van der Waals surface area contributed by atoms with Crippen LogP contribution in [0.2, 0.25) is 0 Å². The lowest BCUT2D eigenvalue weighted by molar-refractivity contribution is -0.176. The van der Waals surface area contributed by atoms with Crippen LogP contribution in [0.3, 0.4) is 0 Å². The number of benzene rings is 13. The lowest BCUT2D eigenvalue weighted by Gasteiger charge is -2.30. The second-order valence-corrected chi connectivity index (χ2v) is 33.8. The fourth-order valence-electron chi connectivity index (χ4n) is 17.4. The van der Waals surface area contributed by atoms with Crippen molar-refractivity contribution in [2.45, 2.75) is 116 Å². The normalized spacial score (nSPS) is 12.8. The van der Waals surface area contributed by atoms with Crippen molar-refractivity contribution >= 4 is 131 Å². The highest BCUT2D eigenvalue weighted by Gasteiger charge is 2.39. The van der Waals surface area contributed by atoms with Crippen molar-refractivity contribution in [3.63, 3.8) is 0 Å². The van der Waals surface area contributed by atoms with E-state index in [-0.39, 0.29) is 43.7 Å². The maximum absolute atomic E-state index is 13.0. The smallest absolute Gasteiger partial charge is 0.335 e. The maximum Gasteiger partial charge on any atom is 0.335 e. The molecule has 19 heteroatoms. The third-order valence-electron chi connectivity index (χ3n) is 23.4. The molecular formula is C108H99N7O10P2. The van der Waals surface area contributed by atoms with Gasteiger partial charge >= 0.3 is 7.60 Å². The molecule has 13 aromatic carbocycles. The standard InChI is InChI=1S/C62H52N4O2.C24H21NO2.C22H26N2O6P2/c1-64-62-48(25-19-44-22-30-50(31-23-44)66(52-34-38-54(68-3)39-35-52)61-17-9-13-46-11-5-7-15-56(46)61)27-40-57-58(62)41-26-47(59(57)42-63)24-18-43-20-28-49(29-21-43)65(51-32-36-53(67-2)37-33-51)60-16-8-12-45-10-4-6-14-55(45)60;26-16-18-8-12-21(13-9-18)25(22-14-10-19(17-27)11-15-22)24-7-3-5-20-4-1-2-6-23(20)24;1-5-27-22(31-25,28-6-2)21-12-11-17-18(20(21)14-24)10-9-16(19(17)13-23)15-32(26,29-7-3)30-8-4/h8-9,12-13,16-41H,4-7,10-11,14-15H2,2-3H3;3,5,7-17H,1-2,4,6H2;9-12H,5-8,15H2,1-4H3. The molecule has 0 bridgehead atoms. The van der Waals surface area contributed by atoms with Gasteiger partial charge in [0.25, 0.3) is 5.53 Å². The molecule has 0 fully saturated rings. The van der Waals surface area contributed by atoms with E-state index in [2.05, 4.69) is 177 Å². The number of anilines is 9. The molecule has 3 aliphatic rings. The molecule has 0 radical (unpaired) electrons. The topological polar surface area (TPSA) is 209 Å². The zero-order valence-electron chi connectivity index (χ0n) is 72.3. The average molecular weight is 1720 g/mol. The van der Waals surface area contributed by atoms with Gasteiger partial charge in [-0.25, -0.2) is 4.85 Å². The van der Waals surface area contributed by atoms with Crippen LogP contribution < -0.4 is 24.2 Å². The molecule has 0 saturated carbocycles. The van der Waals surface area contributed by atoms with Crippen LogP contribution in [0.15, 0.2) is 249 Å². The van der Waals surface area contributed by atoms with E-state index in [0.29, 0.717) is 44.3 Å². The van der Waals surface area contributed by atoms with Crippen molar-refractivity contribution in [1.82, 2.24) is 0 Å². The van der Waals surface area contributed by atoms with Crippen molar-refractivity contribution in [3.8, 4) is 29.7 Å². The molecule has 0 atom stereocenters. The van der Waals surface area contributed by atoms with Gasteiger partial charge in [0.2, 0.25) is 14.1 Å². The first kappa shape index (κ1) is 89.6. The van der Waals surface area contributed by atoms with Gasteiger partial charge in [0.1, 0.15) is 42.3 Å². The Kier molecular flexibility index (Phi) is 29.9. The van der Waals surface area contributed by atoms with Crippen LogP contribution in [0.25, 0.3) is 50.7 Å². The predicted octanol–water partition coefficient (Wildman–Crippen LogP) is 27.8. The van der Waals surface area contributed by atoms with Gasteiger partial charge in [-0.3, -0.25) is 18.7 Å². The van der Waals surface area contributed by atoms with Gasteiger partial charge in [0, 0.05) is 91.9 Å². The number of carbonyl (C=O) groups is 2. The van der Waals surface area contributed by atoms with Gasteiger partial charge in [-0.1, -0.05) is 133 Å². The minimum Gasteiger partial charge on any atom is -0.497 e. The van der Waals surface area contributed by atoms with Crippen molar-refractivity contribution < 1.29 is 46.7 Å². The number of hydrogen-bond donors (Lipinski definition) is 0. The van der Waals surface area contributed by atoms with Gasteiger partial charge in [-0.2, -0.15) is 15.8 Å². The molecule has 3 aliphatic carbocycles. The lowest BCUT2D eigenvalue weighted by Crippen LogP contribution is -2.28. The highest BCUT2D eigenvalue weighted by atomic mass is 31.2. The van der Waals surface area contributed by atoms with E-state index in [1.165, 1.54) is 89.0 Å². The van der Waals surface area contributed by atoms with Crippen LogP contribution in [0.4, 0.5) is 56.9 Å². The molecule has 0 saturated heterocycles. The molecule has 13 aromatic rings. The van der Waals surface area contributed by atoms with Crippen LogP contribution in [-0.2, 0) is 77.9 Å². The summed E-state index contributed by atoms with van der Waals surface area (Å²) in [5.74, 6) is 1.65. The number of fused-ring (bicyclic) bond motifs is 5. The number of carbonyl (C=O) groups excluding carboxylic acids is 2. The van der Waals surface area contributed by atoms with E-state index in [0.717, 1.165) is 130 Å². The van der Waals surface area contributed by atoms with E-state index in [9.17, 15) is 34.5 Å². The second-order valence-electron chi connectivity index (χ2n) is 30.9. The Morgan fingerprint density at radius 3 is 1.14 bits per heavy atom. The molecule has 127 heavy (non-hydrogen) atoms. The molecule has 17 nitrogen and oxygen atoms in total. The monoisotopic (exact) mass is 1720 g/mol. The van der Waals surface area contributed by atoms with Crippen molar-refractivity contribution in [1.29, 1.82) is 15.8 Å². The first-order valence-corrected chi connectivity index (χ1v) is 45.7. The molecular weight excluding hydrogens is 1620 g/mol. The largest absolute Gasteiger partial charge is 0.497 e. The van der Waals surface area contributed by atoms with Crippen molar-refractivity contribution in [3.05, 3.63) is 355 Å². The molecule has 0 unspecified atom stereocenters. The zero-order valence-corrected chi connectivity index (χ0v) is 74.1. The Labute approximate surface area is 745 Å². The zero-order chi connectivity index (χ0) is 88.8. The second kappa shape index (κ2) is 42.3. The number of rotatable bonds is 29. The summed E-state index contributed by atoms with van der Waals surface area (Å²) in [7, 11) is -0.499. The average Bonchev–Trinajstić information content (AvgIpc) is 0.730. The van der Waals surface area contributed by atoms with Crippen LogP contribution >= 0.6 is 16.1 Å². The van der Waals surface area contributed by atoms with Crippen LogP contribution in [-0.4, -0.2) is 53.2 Å². The Bertz CT molecular complexity index is 6160. The molecule has 16 rings (SSSR count). The number of aldehydes is 2. The summed E-state index contributed by atoms with van der Waals surface area (Å²) in [6, 6.07) is 89.9. The Balaban J connectivity index is 0.000000182. The van der Waals surface area contributed by atoms with Crippen LogP contribution in [0, 0.1) is 40.6 Å². The molecule has 636 valence electrons. The van der Waals surface area contributed by atoms with Gasteiger partial charge in [0.05, 0.1) is 56.9 Å². The van der Waals surface area contributed by atoms with E-state index < -0.39 is 21.6 Å². The number of ether oxygens (including phenoxy) is 4. The van der Waals surface area contributed by atoms with Crippen molar-refractivity contribution in [2.75, 3.05) is 55.3 Å². The Morgan fingerprint density at radius 2 is 0.764 bits per heavy atom. The fraction of sp³-hybridized carbons (Fsp3) is 0.222. The van der Waals surface area contributed by atoms with Crippen molar-refractivity contribution in [2.24, 2.45) is 0 Å². The first-order valence-electron chi connectivity index (χ1n) is 43.2. The molecule has 0 spiro atoms. The van der Waals surface area contributed by atoms with E-state index in [4.69, 9.17) is 34.6 Å². The van der Waals surface area contributed by atoms with Gasteiger partial charge < -0.3 is 42.7 Å². The molecule has 0 aliphatic heterocycles. The number of nitrogens with zero attached hydrogens (tertiary/aromatic N) is 7. The summed E-state index contributed by atoms with van der Waals surface area (Å²) >= 11 is 0. The van der Waals surface area contributed by atoms with Gasteiger partial charge in [-0.15, -0.1) is 0 Å². The van der Waals surface area contributed by atoms with Gasteiger partial charge in [0.15, 0.2) is 0 Å². The fourth-order valence-corrected chi connectivity index (χ4v) is 19.7. The number of hydrogen-bond acceptors (Lipinski definition) is 16. The first-order chi connectivity index (χ1) is 62.2. The minimum atomic E-state index is -3.44. The van der Waals surface area contributed by atoms with E-state index in [1.807, 2.05) is 109 Å². The molecule has 0 N–H and O–H groups in total. The van der Waals surface area contributed by atoms with Crippen LogP contribution in [0.1, 0.15) is 170 Å².